The van der Waals surface area contributed by atoms with Crippen molar-refractivity contribution in [2.24, 2.45) is 0 Å². The van der Waals surface area contributed by atoms with E-state index in [-0.39, 0.29) is 16.8 Å². The van der Waals surface area contributed by atoms with E-state index in [2.05, 4.69) is 37.1 Å². The summed E-state index contributed by atoms with van der Waals surface area (Å²) in [5.74, 6) is 0.688. The van der Waals surface area contributed by atoms with Gasteiger partial charge in [0.1, 0.15) is 11.6 Å². The molecule has 34 heavy (non-hydrogen) atoms. The number of rotatable bonds is 9. The van der Waals surface area contributed by atoms with Crippen LogP contribution in [0.5, 0.6) is 0 Å². The molecular formula is C24H29FN6O2S. The first-order chi connectivity index (χ1) is 16.4. The van der Waals surface area contributed by atoms with E-state index in [1.165, 1.54) is 12.1 Å². The lowest BCUT2D eigenvalue weighted by Crippen LogP contribution is -2.44. The summed E-state index contributed by atoms with van der Waals surface area (Å²) in [5.41, 5.74) is 1.61. The van der Waals surface area contributed by atoms with Gasteiger partial charge in [0.25, 0.3) is 0 Å². The summed E-state index contributed by atoms with van der Waals surface area (Å²) < 4.78 is 41.4. The lowest BCUT2D eigenvalue weighted by atomic mass is 10.1. The largest absolute Gasteiger partial charge is 0.350 e. The highest BCUT2D eigenvalue weighted by Gasteiger charge is 2.24. The molecule has 10 heteroatoms. The van der Waals surface area contributed by atoms with Crippen LogP contribution in [-0.2, 0) is 16.6 Å². The molecule has 0 unspecified atom stereocenters. The Kier molecular flexibility index (Phi) is 7.71. The number of likely N-dealkylation sites (tertiary alicyclic amines) is 1. The Morgan fingerprint density at radius 2 is 1.74 bits per heavy atom. The van der Waals surface area contributed by atoms with Gasteiger partial charge in [0.2, 0.25) is 16.0 Å². The Labute approximate surface area is 199 Å². The van der Waals surface area contributed by atoms with Gasteiger partial charge in [-0.25, -0.2) is 22.5 Å². The maximum Gasteiger partial charge on any atom is 0.240 e. The highest BCUT2D eigenvalue weighted by atomic mass is 32.2. The topological polar surface area (TPSA) is 99.3 Å². The Morgan fingerprint density at radius 3 is 2.41 bits per heavy atom. The molecule has 3 aromatic rings. The number of hydrogen-bond acceptors (Lipinski definition) is 7. The fourth-order valence-electron chi connectivity index (χ4n) is 3.82. The maximum atomic E-state index is 13.1. The molecule has 3 N–H and O–H groups in total. The van der Waals surface area contributed by atoms with Crippen LogP contribution in [0.15, 0.2) is 65.7 Å². The van der Waals surface area contributed by atoms with Gasteiger partial charge in [0.15, 0.2) is 0 Å². The van der Waals surface area contributed by atoms with Crippen LogP contribution >= 0.6 is 0 Å². The number of halogens is 1. The summed E-state index contributed by atoms with van der Waals surface area (Å²) in [6.45, 7) is 5.38. The Hall–Kier alpha value is -3.08. The molecule has 0 saturated carbocycles. The first-order valence-corrected chi connectivity index (χ1v) is 12.8. The summed E-state index contributed by atoms with van der Waals surface area (Å²) in [7, 11) is -3.55. The van der Waals surface area contributed by atoms with Gasteiger partial charge in [0, 0.05) is 24.5 Å². The highest BCUT2D eigenvalue weighted by Crippen LogP contribution is 2.18. The van der Waals surface area contributed by atoms with Gasteiger partial charge >= 0.3 is 0 Å². The van der Waals surface area contributed by atoms with Crippen LogP contribution in [0.1, 0.15) is 25.3 Å². The van der Waals surface area contributed by atoms with E-state index in [0.717, 1.165) is 38.0 Å². The quantitative estimate of drug-likeness (QED) is 0.426. The summed E-state index contributed by atoms with van der Waals surface area (Å²) in [6.07, 6.45) is 3.27. The molecule has 1 saturated heterocycles. The van der Waals surface area contributed by atoms with Gasteiger partial charge < -0.3 is 15.5 Å². The summed E-state index contributed by atoms with van der Waals surface area (Å²) in [6, 6.07) is 14.5. The number of nitrogens with zero attached hydrogens (tertiary/aromatic N) is 3. The molecule has 4 rings (SSSR count). The molecule has 1 aliphatic heterocycles. The summed E-state index contributed by atoms with van der Waals surface area (Å²) in [5, 5.41) is 6.24. The molecule has 2 heterocycles. The number of sulfonamides is 1. The molecule has 0 radical (unpaired) electrons. The minimum atomic E-state index is -3.55. The normalized spacial score (nSPS) is 15.2. The van der Waals surface area contributed by atoms with Crippen LogP contribution in [0.25, 0.3) is 0 Å². The molecule has 0 spiro atoms. The van der Waals surface area contributed by atoms with Crippen LogP contribution in [0.2, 0.25) is 0 Å². The smallest absolute Gasteiger partial charge is 0.240 e. The molecule has 8 nitrogen and oxygen atoms in total. The van der Waals surface area contributed by atoms with Crippen LogP contribution in [-0.4, -0.2) is 49.0 Å². The lowest BCUT2D eigenvalue weighted by molar-refractivity contribution is 0.217. The zero-order chi connectivity index (χ0) is 24.0. The van der Waals surface area contributed by atoms with Crippen molar-refractivity contribution in [1.82, 2.24) is 19.6 Å². The van der Waals surface area contributed by atoms with E-state index in [0.29, 0.717) is 24.0 Å². The van der Waals surface area contributed by atoms with Crippen molar-refractivity contribution < 1.29 is 12.8 Å². The van der Waals surface area contributed by atoms with Crippen LogP contribution < -0.4 is 15.4 Å². The number of benzene rings is 2. The number of nitrogens with one attached hydrogen (secondary N) is 3. The standard InChI is InChI=1S/C24H29FN6O2S/c1-2-31-15-12-21(13-16-31)30-34(32,33)22-9-3-18(4-10-22)17-27-24-26-14-11-23(29-24)28-20-7-5-19(25)6-8-20/h3-11,14,21,30H,2,12-13,15-17H2,1H3,(H2,26,27,28,29). The molecule has 0 aliphatic carbocycles. The van der Waals surface area contributed by atoms with Crippen LogP contribution in [0.4, 0.5) is 21.8 Å². The second kappa shape index (κ2) is 10.9. The Balaban J connectivity index is 1.32. The first kappa shape index (κ1) is 24.1. The third-order valence-corrected chi connectivity index (χ3v) is 7.35. The fraction of sp³-hybridized carbons (Fsp3) is 0.333. The molecule has 180 valence electrons. The third kappa shape index (κ3) is 6.49. The number of anilines is 3. The monoisotopic (exact) mass is 484 g/mol. The van der Waals surface area contributed by atoms with Crippen molar-refractivity contribution in [3.8, 4) is 0 Å². The van der Waals surface area contributed by atoms with E-state index in [4.69, 9.17) is 0 Å². The second-order valence-electron chi connectivity index (χ2n) is 8.22. The molecule has 2 aromatic carbocycles. The van der Waals surface area contributed by atoms with Crippen LogP contribution in [0.3, 0.4) is 0 Å². The average Bonchev–Trinajstić information content (AvgIpc) is 2.85. The van der Waals surface area contributed by atoms with E-state index in [9.17, 15) is 12.8 Å². The van der Waals surface area contributed by atoms with Crippen molar-refractivity contribution in [1.29, 1.82) is 0 Å². The summed E-state index contributed by atoms with van der Waals surface area (Å²) >= 11 is 0. The minimum absolute atomic E-state index is 0.0258. The van der Waals surface area contributed by atoms with Gasteiger partial charge in [0.05, 0.1) is 4.90 Å². The average molecular weight is 485 g/mol. The van der Waals surface area contributed by atoms with Gasteiger partial charge in [-0.15, -0.1) is 0 Å². The SMILES string of the molecule is CCN1CCC(NS(=O)(=O)c2ccc(CNc3nccc(Nc4ccc(F)cc4)n3)cc2)CC1. The van der Waals surface area contributed by atoms with Crippen LogP contribution in [0, 0.1) is 5.82 Å². The van der Waals surface area contributed by atoms with Crippen molar-refractivity contribution in [2.75, 3.05) is 30.3 Å². The Morgan fingerprint density at radius 1 is 1.03 bits per heavy atom. The van der Waals surface area contributed by atoms with Crippen molar-refractivity contribution >= 4 is 27.5 Å². The van der Waals surface area contributed by atoms with E-state index < -0.39 is 10.0 Å². The van der Waals surface area contributed by atoms with Gasteiger partial charge in [-0.2, -0.15) is 4.98 Å². The van der Waals surface area contributed by atoms with Gasteiger partial charge in [-0.1, -0.05) is 19.1 Å². The fourth-order valence-corrected chi connectivity index (χ4v) is 5.12. The first-order valence-electron chi connectivity index (χ1n) is 11.3. The second-order valence-corrected chi connectivity index (χ2v) is 9.94. The van der Waals surface area contributed by atoms with E-state index >= 15 is 0 Å². The molecule has 1 aliphatic rings. The number of piperidine rings is 1. The predicted molar refractivity (Wildman–Crippen MR) is 131 cm³/mol. The zero-order valence-electron chi connectivity index (χ0n) is 19.0. The third-order valence-electron chi connectivity index (χ3n) is 5.81. The number of hydrogen-bond donors (Lipinski definition) is 3. The van der Waals surface area contributed by atoms with Crippen molar-refractivity contribution in [3.63, 3.8) is 0 Å². The maximum absolute atomic E-state index is 13.1. The molecule has 0 amide bonds. The van der Waals surface area contributed by atoms with E-state index in [1.54, 1.807) is 48.7 Å². The molecule has 1 aromatic heterocycles. The zero-order valence-corrected chi connectivity index (χ0v) is 19.9. The van der Waals surface area contributed by atoms with Crippen molar-refractivity contribution in [2.45, 2.75) is 37.2 Å². The highest BCUT2D eigenvalue weighted by molar-refractivity contribution is 7.89. The summed E-state index contributed by atoms with van der Waals surface area (Å²) in [4.78, 5) is 11.2. The van der Waals surface area contributed by atoms with Gasteiger partial charge in [-0.05, 0) is 80.5 Å². The predicted octanol–water partition coefficient (Wildman–Crippen LogP) is 3.73. The van der Waals surface area contributed by atoms with Crippen molar-refractivity contribution in [3.05, 3.63) is 72.2 Å². The number of aromatic nitrogens is 2. The lowest BCUT2D eigenvalue weighted by Gasteiger charge is -2.31. The van der Waals surface area contributed by atoms with E-state index in [1.807, 2.05) is 0 Å². The molecular weight excluding hydrogens is 455 g/mol. The molecule has 1 fully saturated rings. The molecule has 0 atom stereocenters. The molecule has 0 bridgehead atoms. The minimum Gasteiger partial charge on any atom is -0.350 e. The van der Waals surface area contributed by atoms with Gasteiger partial charge in [-0.3, -0.25) is 0 Å². The Bertz CT molecular complexity index is 1180.